The predicted octanol–water partition coefficient (Wildman–Crippen LogP) is 3.73. The second-order valence-electron chi connectivity index (χ2n) is 8.19. The van der Waals surface area contributed by atoms with Crippen molar-refractivity contribution in [3.8, 4) is 0 Å². The van der Waals surface area contributed by atoms with Gasteiger partial charge in [0.25, 0.3) is 0 Å². The summed E-state index contributed by atoms with van der Waals surface area (Å²) in [5.74, 6) is -3.82. The van der Waals surface area contributed by atoms with Gasteiger partial charge in [-0.2, -0.15) is 13.2 Å². The van der Waals surface area contributed by atoms with Crippen LogP contribution in [-0.4, -0.2) is 41.6 Å². The number of ether oxygens (including phenoxy) is 1. The van der Waals surface area contributed by atoms with Crippen LogP contribution in [0.4, 0.5) is 13.2 Å². The monoisotopic (exact) mass is 424 g/mol. The standard InChI is InChI=1S/C20H35F3N2O4/c1-8-18(11-13(4)5,25-16(27)20(21,22)23)15(26)24-19(9-2,12-14(6)7)17(28)29-10-3/h13-14H,8-12H2,1-7H3,(H,24,26)(H,25,27). The molecule has 0 radical (unpaired) electrons. The first-order chi connectivity index (χ1) is 13.2. The average molecular weight is 425 g/mol. The minimum absolute atomic E-state index is 0.00514. The molecular formula is C20H35F3N2O4. The van der Waals surface area contributed by atoms with E-state index < -0.39 is 35.0 Å². The van der Waals surface area contributed by atoms with Crippen molar-refractivity contribution < 1.29 is 32.3 Å². The maximum absolute atomic E-state index is 13.3. The summed E-state index contributed by atoms with van der Waals surface area (Å²) >= 11 is 0. The van der Waals surface area contributed by atoms with Gasteiger partial charge in [0.05, 0.1) is 6.61 Å². The Hall–Kier alpha value is -1.80. The van der Waals surface area contributed by atoms with Gasteiger partial charge in [-0.3, -0.25) is 9.59 Å². The van der Waals surface area contributed by atoms with E-state index >= 15 is 0 Å². The lowest BCUT2D eigenvalue weighted by Gasteiger charge is -2.39. The summed E-state index contributed by atoms with van der Waals surface area (Å²) in [4.78, 5) is 37.6. The van der Waals surface area contributed by atoms with E-state index in [-0.39, 0.29) is 44.1 Å². The molecule has 0 aliphatic carbocycles. The van der Waals surface area contributed by atoms with E-state index in [0.717, 1.165) is 0 Å². The Balaban J connectivity index is 6.12. The van der Waals surface area contributed by atoms with Crippen LogP contribution in [0.25, 0.3) is 0 Å². The fraction of sp³-hybridized carbons (Fsp3) is 0.850. The third kappa shape index (κ3) is 7.51. The molecule has 0 rings (SSSR count). The summed E-state index contributed by atoms with van der Waals surface area (Å²) in [5, 5.41) is 4.55. The average Bonchev–Trinajstić information content (AvgIpc) is 2.58. The van der Waals surface area contributed by atoms with Gasteiger partial charge in [-0.15, -0.1) is 0 Å². The number of hydrogen-bond donors (Lipinski definition) is 2. The van der Waals surface area contributed by atoms with Crippen LogP contribution in [-0.2, 0) is 19.1 Å². The van der Waals surface area contributed by atoms with E-state index in [1.54, 1.807) is 27.7 Å². The maximum Gasteiger partial charge on any atom is 0.471 e. The molecule has 0 spiro atoms. The molecule has 0 aliphatic heterocycles. The fourth-order valence-electron chi connectivity index (χ4n) is 3.44. The number of amides is 2. The van der Waals surface area contributed by atoms with Crippen LogP contribution in [0.3, 0.4) is 0 Å². The van der Waals surface area contributed by atoms with Crippen molar-refractivity contribution in [1.29, 1.82) is 0 Å². The van der Waals surface area contributed by atoms with Crippen molar-refractivity contribution in [2.24, 2.45) is 11.8 Å². The van der Waals surface area contributed by atoms with E-state index in [9.17, 15) is 27.6 Å². The number of carbonyl (C=O) groups is 3. The molecule has 0 aliphatic rings. The highest BCUT2D eigenvalue weighted by Gasteiger charge is 2.50. The molecule has 0 aromatic heterocycles. The van der Waals surface area contributed by atoms with Crippen LogP contribution in [0.1, 0.15) is 74.1 Å². The summed E-state index contributed by atoms with van der Waals surface area (Å²) in [6.07, 6.45) is -4.75. The fourth-order valence-corrected chi connectivity index (χ4v) is 3.44. The largest absolute Gasteiger partial charge is 0.471 e. The van der Waals surface area contributed by atoms with Crippen LogP contribution >= 0.6 is 0 Å². The van der Waals surface area contributed by atoms with Crippen LogP contribution in [0, 0.1) is 11.8 Å². The van der Waals surface area contributed by atoms with Crippen LogP contribution < -0.4 is 10.6 Å². The molecular weight excluding hydrogens is 389 g/mol. The van der Waals surface area contributed by atoms with Gasteiger partial charge < -0.3 is 15.4 Å². The van der Waals surface area contributed by atoms with Gasteiger partial charge in [0.1, 0.15) is 11.1 Å². The Labute approximate surface area is 171 Å². The first-order valence-corrected chi connectivity index (χ1v) is 10.1. The molecule has 0 fully saturated rings. The number of hydrogen-bond acceptors (Lipinski definition) is 4. The van der Waals surface area contributed by atoms with Gasteiger partial charge in [0.15, 0.2) is 0 Å². The van der Waals surface area contributed by atoms with Gasteiger partial charge in [-0.1, -0.05) is 41.5 Å². The number of halogens is 3. The van der Waals surface area contributed by atoms with Gasteiger partial charge in [-0.25, -0.2) is 4.79 Å². The molecule has 2 amide bonds. The second kappa shape index (κ2) is 10.8. The van der Waals surface area contributed by atoms with Crippen molar-refractivity contribution in [1.82, 2.24) is 10.6 Å². The minimum atomic E-state index is -5.13. The summed E-state index contributed by atoms with van der Waals surface area (Å²) in [6.45, 7) is 12.2. The SMILES string of the molecule is CCOC(=O)C(CC)(CC(C)C)NC(=O)C(CC)(CC(C)C)NC(=O)C(F)(F)F. The van der Waals surface area contributed by atoms with Gasteiger partial charge in [0.2, 0.25) is 5.91 Å². The third-order valence-electron chi connectivity index (χ3n) is 4.78. The van der Waals surface area contributed by atoms with Gasteiger partial charge in [-0.05, 0) is 44.4 Å². The summed E-state index contributed by atoms with van der Waals surface area (Å²) in [7, 11) is 0. The molecule has 9 heteroatoms. The molecule has 29 heavy (non-hydrogen) atoms. The Bertz CT molecular complexity index is 579. The van der Waals surface area contributed by atoms with E-state index in [1.807, 2.05) is 19.2 Å². The number of rotatable bonds is 11. The minimum Gasteiger partial charge on any atom is -0.464 e. The predicted molar refractivity (Wildman–Crippen MR) is 104 cm³/mol. The molecule has 6 nitrogen and oxygen atoms in total. The smallest absolute Gasteiger partial charge is 0.464 e. The van der Waals surface area contributed by atoms with Crippen molar-refractivity contribution in [2.75, 3.05) is 6.61 Å². The van der Waals surface area contributed by atoms with Crippen LogP contribution in [0.2, 0.25) is 0 Å². The zero-order valence-corrected chi connectivity index (χ0v) is 18.5. The Morgan fingerprint density at radius 3 is 1.55 bits per heavy atom. The summed E-state index contributed by atoms with van der Waals surface area (Å²) in [6, 6.07) is 0. The van der Waals surface area contributed by atoms with Crippen molar-refractivity contribution in [2.45, 2.75) is 91.4 Å². The van der Waals surface area contributed by atoms with Crippen LogP contribution in [0.15, 0.2) is 0 Å². The quantitative estimate of drug-likeness (QED) is 0.495. The number of alkyl halides is 3. The van der Waals surface area contributed by atoms with Gasteiger partial charge in [0, 0.05) is 0 Å². The molecule has 0 saturated heterocycles. The molecule has 0 saturated carbocycles. The zero-order chi connectivity index (χ0) is 23.0. The first-order valence-electron chi connectivity index (χ1n) is 10.1. The van der Waals surface area contributed by atoms with Crippen molar-refractivity contribution in [3.63, 3.8) is 0 Å². The summed E-state index contributed by atoms with van der Waals surface area (Å²) < 4.78 is 43.9. The molecule has 2 N–H and O–H groups in total. The molecule has 0 bridgehead atoms. The van der Waals surface area contributed by atoms with Gasteiger partial charge >= 0.3 is 18.1 Å². The highest BCUT2D eigenvalue weighted by molar-refractivity contribution is 5.96. The van der Waals surface area contributed by atoms with Crippen molar-refractivity contribution >= 4 is 17.8 Å². The second-order valence-corrected chi connectivity index (χ2v) is 8.19. The normalized spacial score (nSPS) is 16.1. The number of esters is 1. The topological polar surface area (TPSA) is 84.5 Å². The lowest BCUT2D eigenvalue weighted by atomic mass is 9.81. The molecule has 0 heterocycles. The highest BCUT2D eigenvalue weighted by atomic mass is 19.4. The Morgan fingerprint density at radius 1 is 0.793 bits per heavy atom. The van der Waals surface area contributed by atoms with Crippen LogP contribution in [0.5, 0.6) is 0 Å². The van der Waals surface area contributed by atoms with E-state index in [1.165, 1.54) is 6.92 Å². The first kappa shape index (κ1) is 27.2. The van der Waals surface area contributed by atoms with E-state index in [4.69, 9.17) is 4.74 Å². The Kier molecular flexibility index (Phi) is 10.2. The lowest BCUT2D eigenvalue weighted by Crippen LogP contribution is -2.66. The molecule has 2 unspecified atom stereocenters. The lowest BCUT2D eigenvalue weighted by molar-refractivity contribution is -0.177. The molecule has 170 valence electrons. The molecule has 2 atom stereocenters. The number of carbonyl (C=O) groups excluding carboxylic acids is 3. The highest BCUT2D eigenvalue weighted by Crippen LogP contribution is 2.28. The zero-order valence-electron chi connectivity index (χ0n) is 18.5. The number of nitrogens with one attached hydrogen (secondary N) is 2. The van der Waals surface area contributed by atoms with E-state index in [0.29, 0.717) is 0 Å². The van der Waals surface area contributed by atoms with E-state index in [2.05, 4.69) is 5.32 Å². The Morgan fingerprint density at radius 2 is 1.21 bits per heavy atom. The third-order valence-corrected chi connectivity index (χ3v) is 4.78. The summed E-state index contributed by atoms with van der Waals surface area (Å²) in [5.41, 5.74) is -3.19. The molecule has 0 aromatic rings. The van der Waals surface area contributed by atoms with Crippen molar-refractivity contribution in [3.05, 3.63) is 0 Å². The maximum atomic E-state index is 13.3. The molecule has 0 aromatic carbocycles.